The minimum Gasteiger partial charge on any atom is -0.387 e. The average molecular weight is 388 g/mol. The van der Waals surface area contributed by atoms with Gasteiger partial charge in [-0.1, -0.05) is 29.4 Å². The molecule has 1 aromatic carbocycles. The number of β-amino-alcohol motifs (C(OH)–C–C–N with tert-alkyl or cyclic N) is 1. The number of nitrogens with zero attached hydrogens (tertiary/aromatic N) is 4. The standard InChI is InChI=1S/C19H21FN4O2S/c20-15-5-2-1-4-14(15)16(25)12-23-7-9-24(10-8-23)13-18-21-19(22-26-18)17-6-3-11-27-17/h1-6,11,16,25H,7-10,12-13H2. The summed E-state index contributed by atoms with van der Waals surface area (Å²) < 4.78 is 19.2. The van der Waals surface area contributed by atoms with Crippen molar-refractivity contribution >= 4 is 11.3 Å². The Labute approximate surface area is 160 Å². The number of hydrogen-bond acceptors (Lipinski definition) is 7. The van der Waals surface area contributed by atoms with E-state index < -0.39 is 6.10 Å². The van der Waals surface area contributed by atoms with Crippen LogP contribution in [0.5, 0.6) is 0 Å². The fraction of sp³-hybridized carbons (Fsp3) is 0.368. The monoisotopic (exact) mass is 388 g/mol. The van der Waals surface area contributed by atoms with Crippen molar-refractivity contribution in [2.45, 2.75) is 12.6 Å². The van der Waals surface area contributed by atoms with Gasteiger partial charge in [-0.3, -0.25) is 9.80 Å². The molecule has 1 aliphatic rings. The maximum atomic E-state index is 13.8. The molecule has 0 spiro atoms. The van der Waals surface area contributed by atoms with E-state index in [2.05, 4.69) is 19.9 Å². The lowest BCUT2D eigenvalue weighted by atomic mass is 10.1. The van der Waals surface area contributed by atoms with Crippen LogP contribution in [0.25, 0.3) is 10.7 Å². The smallest absolute Gasteiger partial charge is 0.241 e. The molecule has 0 bridgehead atoms. The molecule has 1 N–H and O–H groups in total. The second-order valence-electron chi connectivity index (χ2n) is 6.60. The van der Waals surface area contributed by atoms with E-state index in [0.29, 0.717) is 30.4 Å². The molecule has 1 saturated heterocycles. The highest BCUT2D eigenvalue weighted by Gasteiger charge is 2.22. The number of piperazine rings is 1. The summed E-state index contributed by atoms with van der Waals surface area (Å²) in [6.07, 6.45) is -0.818. The lowest BCUT2D eigenvalue weighted by Gasteiger charge is -2.34. The number of halogens is 1. The molecular weight excluding hydrogens is 367 g/mol. The van der Waals surface area contributed by atoms with Crippen LogP contribution in [0.2, 0.25) is 0 Å². The summed E-state index contributed by atoms with van der Waals surface area (Å²) in [6, 6.07) is 10.3. The van der Waals surface area contributed by atoms with Crippen LogP contribution in [0.15, 0.2) is 46.3 Å². The molecule has 1 unspecified atom stereocenters. The van der Waals surface area contributed by atoms with Crippen molar-refractivity contribution < 1.29 is 14.0 Å². The lowest BCUT2D eigenvalue weighted by Crippen LogP contribution is -2.47. The van der Waals surface area contributed by atoms with Gasteiger partial charge < -0.3 is 9.63 Å². The first-order valence-electron chi connectivity index (χ1n) is 8.93. The average Bonchev–Trinajstić information content (AvgIpc) is 3.35. The minimum absolute atomic E-state index is 0.354. The van der Waals surface area contributed by atoms with Crippen molar-refractivity contribution in [2.24, 2.45) is 0 Å². The van der Waals surface area contributed by atoms with E-state index in [1.807, 2.05) is 17.5 Å². The Kier molecular flexibility index (Phi) is 5.58. The number of aromatic nitrogens is 2. The Bertz CT molecular complexity index is 862. The predicted molar refractivity (Wildman–Crippen MR) is 101 cm³/mol. The molecule has 3 heterocycles. The van der Waals surface area contributed by atoms with Gasteiger partial charge in [0, 0.05) is 38.3 Å². The minimum atomic E-state index is -0.818. The summed E-state index contributed by atoms with van der Waals surface area (Å²) >= 11 is 1.58. The van der Waals surface area contributed by atoms with Crippen molar-refractivity contribution in [1.82, 2.24) is 19.9 Å². The Morgan fingerprint density at radius 2 is 1.89 bits per heavy atom. The zero-order valence-electron chi connectivity index (χ0n) is 14.8. The molecule has 1 atom stereocenters. The quantitative estimate of drug-likeness (QED) is 0.701. The Hall–Kier alpha value is -2.13. The van der Waals surface area contributed by atoms with Crippen molar-refractivity contribution in [3.63, 3.8) is 0 Å². The van der Waals surface area contributed by atoms with Crippen LogP contribution in [0.3, 0.4) is 0 Å². The van der Waals surface area contributed by atoms with Crippen LogP contribution in [0.1, 0.15) is 17.6 Å². The van der Waals surface area contributed by atoms with Crippen LogP contribution in [0, 0.1) is 5.82 Å². The molecule has 0 saturated carbocycles. The fourth-order valence-electron chi connectivity index (χ4n) is 3.23. The molecular formula is C19H21FN4O2S. The molecule has 1 aliphatic heterocycles. The molecule has 142 valence electrons. The van der Waals surface area contributed by atoms with Gasteiger partial charge in [-0.05, 0) is 17.5 Å². The molecule has 27 heavy (non-hydrogen) atoms. The molecule has 2 aromatic heterocycles. The SMILES string of the molecule is OC(CN1CCN(Cc2nc(-c3cccs3)no2)CC1)c1ccccc1F. The third kappa shape index (κ3) is 4.41. The second kappa shape index (κ2) is 8.26. The van der Waals surface area contributed by atoms with Crippen LogP contribution in [-0.4, -0.2) is 57.8 Å². The summed E-state index contributed by atoms with van der Waals surface area (Å²) in [5.41, 5.74) is 0.354. The largest absolute Gasteiger partial charge is 0.387 e. The van der Waals surface area contributed by atoms with Crippen LogP contribution >= 0.6 is 11.3 Å². The van der Waals surface area contributed by atoms with Crippen LogP contribution in [-0.2, 0) is 6.54 Å². The first-order chi connectivity index (χ1) is 13.2. The van der Waals surface area contributed by atoms with Crippen molar-refractivity contribution in [3.05, 3.63) is 59.0 Å². The number of aliphatic hydroxyl groups is 1. The fourth-order valence-corrected chi connectivity index (χ4v) is 3.88. The van der Waals surface area contributed by atoms with E-state index in [-0.39, 0.29) is 5.82 Å². The van der Waals surface area contributed by atoms with E-state index in [1.165, 1.54) is 6.07 Å². The van der Waals surface area contributed by atoms with E-state index in [4.69, 9.17) is 4.52 Å². The highest BCUT2D eigenvalue weighted by molar-refractivity contribution is 7.13. The van der Waals surface area contributed by atoms with E-state index in [9.17, 15) is 9.50 Å². The second-order valence-corrected chi connectivity index (χ2v) is 7.55. The first-order valence-corrected chi connectivity index (χ1v) is 9.80. The molecule has 1 fully saturated rings. The number of hydrogen-bond donors (Lipinski definition) is 1. The molecule has 0 aliphatic carbocycles. The number of benzene rings is 1. The topological polar surface area (TPSA) is 65.6 Å². The highest BCUT2D eigenvalue weighted by Crippen LogP contribution is 2.22. The van der Waals surface area contributed by atoms with Crippen molar-refractivity contribution in [1.29, 1.82) is 0 Å². The Balaban J connectivity index is 1.27. The number of aliphatic hydroxyl groups excluding tert-OH is 1. The molecule has 8 heteroatoms. The van der Waals surface area contributed by atoms with E-state index >= 15 is 0 Å². The number of rotatable bonds is 6. The number of thiophene rings is 1. The maximum Gasteiger partial charge on any atom is 0.241 e. The highest BCUT2D eigenvalue weighted by atomic mass is 32.1. The van der Waals surface area contributed by atoms with E-state index in [0.717, 1.165) is 31.1 Å². The van der Waals surface area contributed by atoms with Gasteiger partial charge in [0.05, 0.1) is 17.5 Å². The van der Waals surface area contributed by atoms with Gasteiger partial charge in [0.1, 0.15) is 5.82 Å². The third-order valence-electron chi connectivity index (χ3n) is 4.73. The summed E-state index contributed by atoms with van der Waals surface area (Å²) in [6.45, 7) is 4.32. The van der Waals surface area contributed by atoms with Gasteiger partial charge in [-0.15, -0.1) is 11.3 Å². The van der Waals surface area contributed by atoms with Crippen molar-refractivity contribution in [3.8, 4) is 10.7 Å². The first kappa shape index (κ1) is 18.2. The van der Waals surface area contributed by atoms with Gasteiger partial charge >= 0.3 is 0 Å². The predicted octanol–water partition coefficient (Wildman–Crippen LogP) is 2.79. The van der Waals surface area contributed by atoms with Gasteiger partial charge in [0.2, 0.25) is 11.7 Å². The van der Waals surface area contributed by atoms with Crippen LogP contribution in [0.4, 0.5) is 4.39 Å². The van der Waals surface area contributed by atoms with Gasteiger partial charge in [-0.2, -0.15) is 4.98 Å². The summed E-state index contributed by atoms with van der Waals surface area (Å²) in [5.74, 6) is 0.881. The molecule has 0 amide bonds. The van der Waals surface area contributed by atoms with Crippen molar-refractivity contribution in [2.75, 3.05) is 32.7 Å². The van der Waals surface area contributed by atoms with Gasteiger partial charge in [0.25, 0.3) is 0 Å². The van der Waals surface area contributed by atoms with Gasteiger partial charge in [-0.25, -0.2) is 4.39 Å². The van der Waals surface area contributed by atoms with Gasteiger partial charge in [0.15, 0.2) is 0 Å². The molecule has 6 nitrogen and oxygen atoms in total. The van der Waals surface area contributed by atoms with E-state index in [1.54, 1.807) is 29.5 Å². The van der Waals surface area contributed by atoms with Crippen LogP contribution < -0.4 is 0 Å². The zero-order valence-corrected chi connectivity index (χ0v) is 15.6. The molecule has 4 rings (SSSR count). The summed E-state index contributed by atoms with van der Waals surface area (Å²) in [4.78, 5) is 9.86. The molecule has 3 aromatic rings. The zero-order chi connectivity index (χ0) is 18.6. The maximum absolute atomic E-state index is 13.8. The lowest BCUT2D eigenvalue weighted by molar-refractivity contribution is 0.0649. The molecule has 0 radical (unpaired) electrons. The third-order valence-corrected chi connectivity index (χ3v) is 5.59. The summed E-state index contributed by atoms with van der Waals surface area (Å²) in [7, 11) is 0. The normalized spacial score (nSPS) is 17.3. The Morgan fingerprint density at radius 1 is 1.11 bits per heavy atom. The Morgan fingerprint density at radius 3 is 2.63 bits per heavy atom. The summed E-state index contributed by atoms with van der Waals surface area (Å²) in [5, 5.41) is 16.3.